The smallest absolute Gasteiger partial charge is 0.165 e. The van der Waals surface area contributed by atoms with Gasteiger partial charge in [0.25, 0.3) is 0 Å². The summed E-state index contributed by atoms with van der Waals surface area (Å²) in [6.07, 6.45) is 2.93. The van der Waals surface area contributed by atoms with Crippen LogP contribution in [0.5, 0.6) is 11.5 Å². The third kappa shape index (κ3) is 3.15. The lowest BCUT2D eigenvalue weighted by Gasteiger charge is -2.19. The van der Waals surface area contributed by atoms with Crippen molar-refractivity contribution in [1.29, 1.82) is 0 Å². The van der Waals surface area contributed by atoms with Gasteiger partial charge in [-0.25, -0.2) is 0 Å². The Hall–Kier alpha value is -1.18. The summed E-state index contributed by atoms with van der Waals surface area (Å²) in [5.41, 5.74) is 1.25. The molecule has 0 bridgehead atoms. The van der Waals surface area contributed by atoms with Gasteiger partial charge in [-0.15, -0.1) is 0 Å². The van der Waals surface area contributed by atoms with Gasteiger partial charge in [0, 0.05) is 5.56 Å². The van der Waals surface area contributed by atoms with Crippen LogP contribution in [-0.2, 0) is 0 Å². The Morgan fingerprint density at radius 2 is 1.82 bits per heavy atom. The minimum absolute atomic E-state index is 0.180. The van der Waals surface area contributed by atoms with Gasteiger partial charge in [-0.3, -0.25) is 0 Å². The molecule has 1 aromatic carbocycles. The molecule has 1 fully saturated rings. The third-order valence-electron chi connectivity index (χ3n) is 2.80. The van der Waals surface area contributed by atoms with E-state index in [9.17, 15) is 0 Å². The summed E-state index contributed by atoms with van der Waals surface area (Å²) in [6, 6.07) is 6.19. The van der Waals surface area contributed by atoms with Crippen LogP contribution in [0.3, 0.4) is 0 Å². The van der Waals surface area contributed by atoms with Gasteiger partial charge < -0.3 is 9.47 Å². The van der Waals surface area contributed by atoms with E-state index < -0.39 is 0 Å². The van der Waals surface area contributed by atoms with Gasteiger partial charge in [0.15, 0.2) is 11.5 Å². The predicted molar refractivity (Wildman–Crippen MR) is 69.9 cm³/mol. The van der Waals surface area contributed by atoms with Gasteiger partial charge in [-0.05, 0) is 38.7 Å². The van der Waals surface area contributed by atoms with E-state index in [1.807, 2.05) is 26.0 Å². The van der Waals surface area contributed by atoms with Gasteiger partial charge >= 0.3 is 0 Å². The molecule has 0 N–H and O–H groups in total. The number of ether oxygens (including phenoxy) is 2. The standard InChI is InChI=1S/C15H22O2/c1-10(2)13-6-5-7-14(16-11(3)4)15(13)17-12-8-9-12/h5-7,10-12H,8-9H2,1-4H3. The van der Waals surface area contributed by atoms with Crippen LogP contribution >= 0.6 is 0 Å². The molecule has 2 rings (SSSR count). The second-order valence-corrected chi connectivity index (χ2v) is 5.31. The Bertz CT molecular complexity index is 379. The molecular formula is C15H22O2. The van der Waals surface area contributed by atoms with Gasteiger partial charge in [0.2, 0.25) is 0 Å². The molecule has 1 aromatic rings. The summed E-state index contributed by atoms with van der Waals surface area (Å²) in [6.45, 7) is 8.47. The van der Waals surface area contributed by atoms with Crippen molar-refractivity contribution in [2.24, 2.45) is 0 Å². The van der Waals surface area contributed by atoms with E-state index in [1.54, 1.807) is 0 Å². The largest absolute Gasteiger partial charge is 0.487 e. The van der Waals surface area contributed by atoms with Gasteiger partial charge in [-0.1, -0.05) is 26.0 Å². The molecule has 2 nitrogen and oxygen atoms in total. The molecule has 1 aliphatic rings. The van der Waals surface area contributed by atoms with Crippen LogP contribution in [0.1, 0.15) is 52.0 Å². The van der Waals surface area contributed by atoms with E-state index in [4.69, 9.17) is 9.47 Å². The molecule has 0 spiro atoms. The van der Waals surface area contributed by atoms with Crippen molar-refractivity contribution >= 4 is 0 Å². The molecule has 0 heterocycles. The van der Waals surface area contributed by atoms with Crippen LogP contribution < -0.4 is 9.47 Å². The number of rotatable bonds is 5. The molecular weight excluding hydrogens is 212 g/mol. The zero-order chi connectivity index (χ0) is 12.4. The molecule has 17 heavy (non-hydrogen) atoms. The molecule has 0 unspecified atom stereocenters. The second-order valence-electron chi connectivity index (χ2n) is 5.31. The molecule has 94 valence electrons. The van der Waals surface area contributed by atoms with Crippen LogP contribution in [0, 0.1) is 0 Å². The SMILES string of the molecule is CC(C)Oc1cccc(C(C)C)c1OC1CC1. The lowest BCUT2D eigenvalue weighted by atomic mass is 10.0. The highest BCUT2D eigenvalue weighted by atomic mass is 16.5. The highest BCUT2D eigenvalue weighted by molar-refractivity contribution is 5.48. The number of hydrogen-bond donors (Lipinski definition) is 0. The van der Waals surface area contributed by atoms with Crippen molar-refractivity contribution < 1.29 is 9.47 Å². The van der Waals surface area contributed by atoms with E-state index in [-0.39, 0.29) is 6.10 Å². The Labute approximate surface area is 104 Å². The van der Waals surface area contributed by atoms with Crippen LogP contribution in [0.15, 0.2) is 18.2 Å². The average Bonchev–Trinajstić information content (AvgIpc) is 3.03. The first kappa shape index (κ1) is 12.3. The van der Waals surface area contributed by atoms with E-state index in [1.165, 1.54) is 18.4 Å². The summed E-state index contributed by atoms with van der Waals surface area (Å²) < 4.78 is 11.9. The fourth-order valence-corrected chi connectivity index (χ4v) is 1.81. The molecule has 0 radical (unpaired) electrons. The minimum Gasteiger partial charge on any atom is -0.487 e. The zero-order valence-electron chi connectivity index (χ0n) is 11.2. The van der Waals surface area contributed by atoms with Crippen LogP contribution in [0.25, 0.3) is 0 Å². The van der Waals surface area contributed by atoms with Crippen LogP contribution in [0.2, 0.25) is 0 Å². The average molecular weight is 234 g/mol. The fourth-order valence-electron chi connectivity index (χ4n) is 1.81. The monoisotopic (exact) mass is 234 g/mol. The summed E-state index contributed by atoms with van der Waals surface area (Å²) in [4.78, 5) is 0. The quantitative estimate of drug-likeness (QED) is 0.762. The maximum absolute atomic E-state index is 6.02. The summed E-state index contributed by atoms with van der Waals surface area (Å²) in [5, 5.41) is 0. The maximum atomic E-state index is 6.02. The van der Waals surface area contributed by atoms with E-state index >= 15 is 0 Å². The molecule has 1 aliphatic carbocycles. The normalized spacial score (nSPS) is 15.4. The molecule has 2 heteroatoms. The molecule has 0 aromatic heterocycles. The number of benzene rings is 1. The van der Waals surface area contributed by atoms with Crippen LogP contribution in [-0.4, -0.2) is 12.2 Å². The fraction of sp³-hybridized carbons (Fsp3) is 0.600. The summed E-state index contributed by atoms with van der Waals surface area (Å²) in [5.74, 6) is 2.30. The van der Waals surface area contributed by atoms with Gasteiger partial charge in [0.1, 0.15) is 0 Å². The summed E-state index contributed by atoms with van der Waals surface area (Å²) >= 11 is 0. The van der Waals surface area contributed by atoms with E-state index in [2.05, 4.69) is 19.9 Å². The number of hydrogen-bond acceptors (Lipinski definition) is 2. The van der Waals surface area contributed by atoms with Crippen molar-refractivity contribution in [3.63, 3.8) is 0 Å². The summed E-state index contributed by atoms with van der Waals surface area (Å²) in [7, 11) is 0. The van der Waals surface area contributed by atoms with E-state index in [0.29, 0.717) is 12.0 Å². The van der Waals surface area contributed by atoms with Crippen molar-refractivity contribution in [3.05, 3.63) is 23.8 Å². The third-order valence-corrected chi connectivity index (χ3v) is 2.80. The topological polar surface area (TPSA) is 18.5 Å². The van der Waals surface area contributed by atoms with Crippen LogP contribution in [0.4, 0.5) is 0 Å². The molecule has 0 aliphatic heterocycles. The van der Waals surface area contributed by atoms with Crippen molar-refractivity contribution in [2.45, 2.75) is 58.7 Å². The first-order valence-electron chi connectivity index (χ1n) is 6.54. The zero-order valence-corrected chi connectivity index (χ0v) is 11.2. The second kappa shape index (κ2) is 4.99. The highest BCUT2D eigenvalue weighted by Crippen LogP contribution is 2.39. The first-order chi connectivity index (χ1) is 8.08. The Kier molecular flexibility index (Phi) is 3.60. The lowest BCUT2D eigenvalue weighted by Crippen LogP contribution is -2.09. The number of para-hydroxylation sites is 1. The molecule has 1 saturated carbocycles. The van der Waals surface area contributed by atoms with Crippen molar-refractivity contribution in [1.82, 2.24) is 0 Å². The van der Waals surface area contributed by atoms with Crippen molar-refractivity contribution in [3.8, 4) is 11.5 Å². The predicted octanol–water partition coefficient (Wildman–Crippen LogP) is 4.14. The van der Waals surface area contributed by atoms with Gasteiger partial charge in [0.05, 0.1) is 12.2 Å². The lowest BCUT2D eigenvalue weighted by molar-refractivity contribution is 0.216. The molecule has 0 amide bonds. The Morgan fingerprint density at radius 3 is 2.35 bits per heavy atom. The maximum Gasteiger partial charge on any atom is 0.165 e. The van der Waals surface area contributed by atoms with Gasteiger partial charge in [-0.2, -0.15) is 0 Å². The highest BCUT2D eigenvalue weighted by Gasteiger charge is 2.27. The first-order valence-corrected chi connectivity index (χ1v) is 6.54. The molecule has 0 atom stereocenters. The Morgan fingerprint density at radius 1 is 1.12 bits per heavy atom. The van der Waals surface area contributed by atoms with E-state index in [0.717, 1.165) is 11.5 Å². The van der Waals surface area contributed by atoms with Crippen molar-refractivity contribution in [2.75, 3.05) is 0 Å². The molecule has 0 saturated heterocycles. The minimum atomic E-state index is 0.180. The Balaban J connectivity index is 2.31.